The summed E-state index contributed by atoms with van der Waals surface area (Å²) in [7, 11) is 0. The van der Waals surface area contributed by atoms with Gasteiger partial charge in [0.1, 0.15) is 13.2 Å². The van der Waals surface area contributed by atoms with Gasteiger partial charge in [0.25, 0.3) is 0 Å². The van der Waals surface area contributed by atoms with Gasteiger partial charge in [0, 0.05) is 0 Å². The summed E-state index contributed by atoms with van der Waals surface area (Å²) in [6, 6.07) is 0. The van der Waals surface area contributed by atoms with E-state index in [9.17, 15) is 9.59 Å². The molecule has 2 unspecified atom stereocenters. The van der Waals surface area contributed by atoms with E-state index < -0.39 is 0 Å². The number of hydrogen-bond donors (Lipinski definition) is 0. The Hall–Kier alpha value is -1.14. The lowest BCUT2D eigenvalue weighted by Crippen LogP contribution is -2.34. The van der Waals surface area contributed by atoms with Gasteiger partial charge in [0.15, 0.2) is 0 Å². The van der Waals surface area contributed by atoms with Crippen LogP contribution in [0.15, 0.2) is 0 Å². The van der Waals surface area contributed by atoms with Crippen LogP contribution >= 0.6 is 0 Å². The van der Waals surface area contributed by atoms with Crippen molar-refractivity contribution in [2.45, 2.75) is 88.5 Å². The smallest absolute Gasteiger partial charge is 0.309 e. The summed E-state index contributed by atoms with van der Waals surface area (Å²) < 4.78 is 21.8. The predicted octanol–water partition coefficient (Wildman–Crippen LogP) is 5.67. The van der Waals surface area contributed by atoms with Crippen molar-refractivity contribution in [3.05, 3.63) is 0 Å². The molecule has 0 aliphatic heterocycles. The highest BCUT2D eigenvalue weighted by molar-refractivity contribution is 5.73. The molecule has 190 valence electrons. The summed E-state index contributed by atoms with van der Waals surface area (Å²) in [5, 5.41) is 0. The maximum atomic E-state index is 12.5. The Morgan fingerprint density at radius 3 is 1.34 bits per heavy atom. The number of hydrogen-bond acceptors (Lipinski definition) is 6. The van der Waals surface area contributed by atoms with Crippen LogP contribution < -0.4 is 0 Å². The largest absolute Gasteiger partial charge is 0.463 e. The average molecular weight is 459 g/mol. The summed E-state index contributed by atoms with van der Waals surface area (Å²) in [5.74, 6) is -0.560. The number of carbonyl (C=O) groups excluding carboxylic acids is 2. The molecule has 0 aromatic carbocycles. The lowest BCUT2D eigenvalue weighted by atomic mass is 9.72. The lowest BCUT2D eigenvalue weighted by Gasteiger charge is -2.33. The second kappa shape index (κ2) is 14.2. The van der Waals surface area contributed by atoms with Crippen LogP contribution in [0.25, 0.3) is 0 Å². The molecule has 0 spiro atoms. The molecule has 0 aliphatic carbocycles. The Labute approximate surface area is 197 Å². The second-order valence-corrected chi connectivity index (χ2v) is 12.0. The first-order valence-corrected chi connectivity index (χ1v) is 12.1. The highest BCUT2D eigenvalue weighted by Crippen LogP contribution is 2.36. The Balaban J connectivity index is 3.98. The molecule has 0 saturated carbocycles. The summed E-state index contributed by atoms with van der Waals surface area (Å²) in [6.45, 7) is 22.8. The molecule has 2 atom stereocenters. The monoisotopic (exact) mass is 458 g/mol. The van der Waals surface area contributed by atoms with Crippen LogP contribution in [0.4, 0.5) is 0 Å². The maximum absolute atomic E-state index is 12.5. The molecule has 0 radical (unpaired) electrons. The summed E-state index contributed by atoms with van der Waals surface area (Å²) in [4.78, 5) is 24.8. The molecule has 6 heteroatoms. The first-order valence-electron chi connectivity index (χ1n) is 12.1. The van der Waals surface area contributed by atoms with E-state index >= 15 is 0 Å². The van der Waals surface area contributed by atoms with Gasteiger partial charge in [-0.3, -0.25) is 9.59 Å². The molecule has 0 amide bonds. The van der Waals surface area contributed by atoms with Crippen molar-refractivity contribution < 1.29 is 28.5 Å². The highest BCUT2D eigenvalue weighted by Gasteiger charge is 2.35. The van der Waals surface area contributed by atoms with Crippen molar-refractivity contribution in [3.8, 4) is 0 Å². The fraction of sp³-hybridized carbons (Fsp3) is 0.923. The molecule has 6 nitrogen and oxygen atoms in total. The van der Waals surface area contributed by atoms with E-state index in [1.165, 1.54) is 0 Å². The van der Waals surface area contributed by atoms with Crippen LogP contribution in [-0.2, 0) is 28.5 Å². The van der Waals surface area contributed by atoms with Gasteiger partial charge in [-0.1, -0.05) is 75.7 Å². The third-order valence-corrected chi connectivity index (χ3v) is 5.37. The molecule has 0 aliphatic rings. The van der Waals surface area contributed by atoms with E-state index in [-0.39, 0.29) is 53.2 Å². The first-order chi connectivity index (χ1) is 14.6. The van der Waals surface area contributed by atoms with E-state index in [0.717, 1.165) is 19.3 Å². The topological polar surface area (TPSA) is 71.1 Å². The van der Waals surface area contributed by atoms with Crippen molar-refractivity contribution in [2.75, 3.05) is 39.6 Å². The van der Waals surface area contributed by atoms with Crippen LogP contribution in [-0.4, -0.2) is 51.6 Å². The zero-order valence-corrected chi connectivity index (χ0v) is 22.5. The van der Waals surface area contributed by atoms with E-state index in [2.05, 4.69) is 69.2 Å². The zero-order valence-electron chi connectivity index (χ0n) is 22.5. The van der Waals surface area contributed by atoms with Gasteiger partial charge in [-0.15, -0.1) is 0 Å². The van der Waals surface area contributed by atoms with E-state index in [1.807, 2.05) is 0 Å². The van der Waals surface area contributed by atoms with Crippen molar-refractivity contribution in [1.29, 1.82) is 0 Å². The molecule has 0 N–H and O–H groups in total. The number of rotatable bonds is 14. The zero-order chi connectivity index (χ0) is 25.0. The van der Waals surface area contributed by atoms with E-state index in [4.69, 9.17) is 18.9 Å². The quantitative estimate of drug-likeness (QED) is 0.247. The van der Waals surface area contributed by atoms with Gasteiger partial charge in [-0.2, -0.15) is 0 Å². The summed E-state index contributed by atoms with van der Waals surface area (Å²) in [6.07, 6.45) is 2.56. The van der Waals surface area contributed by atoms with Crippen LogP contribution in [0.5, 0.6) is 0 Å². The minimum atomic E-state index is -0.161. The van der Waals surface area contributed by atoms with Gasteiger partial charge < -0.3 is 18.9 Å². The molecule has 0 fully saturated rings. The Bertz CT molecular complexity index is 536. The molecule has 0 rings (SSSR count). The van der Waals surface area contributed by atoms with Crippen molar-refractivity contribution in [2.24, 2.45) is 28.1 Å². The van der Waals surface area contributed by atoms with Crippen molar-refractivity contribution in [1.82, 2.24) is 0 Å². The minimum absolute atomic E-state index is 0.0583. The van der Waals surface area contributed by atoms with Gasteiger partial charge >= 0.3 is 11.9 Å². The average Bonchev–Trinajstić information content (AvgIpc) is 2.62. The van der Waals surface area contributed by atoms with Crippen molar-refractivity contribution >= 4 is 11.9 Å². The third-order valence-electron chi connectivity index (χ3n) is 5.37. The summed E-state index contributed by atoms with van der Waals surface area (Å²) >= 11 is 0. The summed E-state index contributed by atoms with van der Waals surface area (Å²) in [5.41, 5.74) is -0.195. The van der Waals surface area contributed by atoms with Crippen LogP contribution in [0.2, 0.25) is 0 Å². The SMILES string of the molecule is CCCC(C(=O)OCCOCCOCCOC(=O)C(CC(C)(C)C)C(C)(C)C)C(C)(C)C. The van der Waals surface area contributed by atoms with Gasteiger partial charge in [0.05, 0.1) is 38.3 Å². The van der Waals surface area contributed by atoms with Gasteiger partial charge in [-0.25, -0.2) is 0 Å². The van der Waals surface area contributed by atoms with Crippen LogP contribution in [0.3, 0.4) is 0 Å². The number of esters is 2. The molecule has 0 bridgehead atoms. The highest BCUT2D eigenvalue weighted by atomic mass is 16.6. The fourth-order valence-electron chi connectivity index (χ4n) is 3.47. The molecule has 0 aromatic rings. The molecular weight excluding hydrogens is 408 g/mol. The molecule has 32 heavy (non-hydrogen) atoms. The Morgan fingerprint density at radius 2 is 1.00 bits per heavy atom. The standard InChI is InChI=1S/C26H50O6/c1-11-12-20(25(5,6)7)22(27)31-17-15-29-13-14-30-16-18-32-23(28)21(26(8,9)10)19-24(2,3)4/h20-21H,11-19H2,1-10H3. The van der Waals surface area contributed by atoms with Gasteiger partial charge in [-0.05, 0) is 29.1 Å². The molecule has 0 heterocycles. The Morgan fingerprint density at radius 1 is 0.625 bits per heavy atom. The predicted molar refractivity (Wildman–Crippen MR) is 128 cm³/mol. The second-order valence-electron chi connectivity index (χ2n) is 12.0. The molecule has 0 saturated heterocycles. The number of carbonyl (C=O) groups is 2. The third kappa shape index (κ3) is 14.1. The van der Waals surface area contributed by atoms with Crippen LogP contribution in [0, 0.1) is 28.1 Å². The van der Waals surface area contributed by atoms with E-state index in [0.29, 0.717) is 26.4 Å². The lowest BCUT2D eigenvalue weighted by molar-refractivity contribution is -0.156. The molecule has 0 aromatic heterocycles. The fourth-order valence-corrected chi connectivity index (χ4v) is 3.47. The maximum Gasteiger partial charge on any atom is 0.309 e. The van der Waals surface area contributed by atoms with Crippen LogP contribution in [0.1, 0.15) is 88.5 Å². The Kier molecular flexibility index (Phi) is 13.7. The van der Waals surface area contributed by atoms with Crippen molar-refractivity contribution in [3.63, 3.8) is 0 Å². The number of ether oxygens (including phenoxy) is 4. The first kappa shape index (κ1) is 30.9. The van der Waals surface area contributed by atoms with E-state index in [1.54, 1.807) is 0 Å². The minimum Gasteiger partial charge on any atom is -0.463 e. The van der Waals surface area contributed by atoms with Gasteiger partial charge in [0.2, 0.25) is 0 Å². The molecular formula is C26H50O6. The normalized spacial score (nSPS) is 14.7.